The Balaban J connectivity index is 1.31. The van der Waals surface area contributed by atoms with Gasteiger partial charge in [-0.05, 0) is 96.2 Å². The third kappa shape index (κ3) is 3.93. The molecule has 2 bridgehead atoms. The minimum absolute atomic E-state index is 0.0412. The van der Waals surface area contributed by atoms with Crippen LogP contribution in [0.25, 0.3) is 0 Å². The molecular formula is C29H42N2O5. The van der Waals surface area contributed by atoms with Crippen molar-refractivity contribution in [1.29, 1.82) is 0 Å². The number of nitrogens with one attached hydrogen (secondary N) is 1. The lowest BCUT2D eigenvalue weighted by molar-refractivity contribution is -0.155. The predicted octanol–water partition coefficient (Wildman–Crippen LogP) is 3.41. The Hall–Kier alpha value is -1.83. The number of esters is 1. The fraction of sp³-hybridized carbons (Fsp3) is 0.759. The second-order valence-electron chi connectivity index (χ2n) is 13.1. The number of hydrogen-bond donors (Lipinski definition) is 3. The first-order valence-electron chi connectivity index (χ1n) is 14.0. The largest absolute Gasteiger partial charge is 0.504 e. The summed E-state index contributed by atoms with van der Waals surface area (Å²) in [6.07, 6.45) is 7.04. The number of piperidine rings is 1. The molecule has 36 heavy (non-hydrogen) atoms. The molecule has 3 aliphatic carbocycles. The Morgan fingerprint density at radius 2 is 2.08 bits per heavy atom. The molecular weight excluding hydrogens is 456 g/mol. The summed E-state index contributed by atoms with van der Waals surface area (Å²) in [6.45, 7) is 9.81. The van der Waals surface area contributed by atoms with E-state index in [9.17, 15) is 15.0 Å². The van der Waals surface area contributed by atoms with Gasteiger partial charge >= 0.3 is 5.97 Å². The van der Waals surface area contributed by atoms with Crippen molar-refractivity contribution in [1.82, 2.24) is 10.2 Å². The molecule has 0 radical (unpaired) electrons. The SMILES string of the molecule is CC(CC(=O)OC(C)(C)C)NC1CC[C@H]2[C@H]3Cc4cc(CO)c(O)c5c4[C@@]2(CCN3CC2CC2)C1O5. The molecule has 1 spiro atoms. The number of phenols is 1. The Kier molecular flexibility index (Phi) is 5.86. The van der Waals surface area contributed by atoms with E-state index in [2.05, 4.69) is 10.2 Å². The lowest BCUT2D eigenvalue weighted by Gasteiger charge is -2.60. The van der Waals surface area contributed by atoms with Gasteiger partial charge in [-0.3, -0.25) is 9.69 Å². The van der Waals surface area contributed by atoms with Gasteiger partial charge in [-0.2, -0.15) is 0 Å². The van der Waals surface area contributed by atoms with Crippen molar-refractivity contribution in [3.8, 4) is 11.5 Å². The number of carbonyl (C=O) groups is 1. The number of rotatable bonds is 7. The van der Waals surface area contributed by atoms with Crippen LogP contribution in [0.2, 0.25) is 0 Å². The lowest BCUT2D eigenvalue weighted by Crippen LogP contribution is -2.69. The molecule has 2 heterocycles. The number of likely N-dealkylation sites (tertiary alicyclic amines) is 1. The van der Waals surface area contributed by atoms with Gasteiger partial charge in [0.15, 0.2) is 11.5 Å². The van der Waals surface area contributed by atoms with E-state index in [0.717, 1.165) is 38.1 Å². The standard InChI is InChI=1S/C29H42N2O5/c1-16(11-23(33)36-28(2,3)4)30-21-8-7-20-22-13-18-12-19(15-32)25(34)26-24(18)29(20,27(21)35-26)9-10-31(22)14-17-5-6-17/h12,16-17,20-22,27,30,32,34H,5-11,13-15H2,1-4H3/t16?,20-,21?,22+,27?,29-/m0/s1. The van der Waals surface area contributed by atoms with Gasteiger partial charge in [0, 0.05) is 41.2 Å². The predicted molar refractivity (Wildman–Crippen MR) is 136 cm³/mol. The summed E-state index contributed by atoms with van der Waals surface area (Å²) in [4.78, 5) is 15.2. The summed E-state index contributed by atoms with van der Waals surface area (Å²) in [5.74, 6) is 1.88. The van der Waals surface area contributed by atoms with Crippen LogP contribution in [-0.4, -0.2) is 64.0 Å². The number of aliphatic hydroxyl groups excluding tert-OH is 1. The highest BCUT2D eigenvalue weighted by atomic mass is 16.6. The van der Waals surface area contributed by atoms with Crippen molar-refractivity contribution in [3.05, 3.63) is 22.8 Å². The van der Waals surface area contributed by atoms with E-state index < -0.39 is 5.60 Å². The van der Waals surface area contributed by atoms with E-state index in [1.165, 1.54) is 30.5 Å². The van der Waals surface area contributed by atoms with Crippen LogP contribution in [0.3, 0.4) is 0 Å². The summed E-state index contributed by atoms with van der Waals surface area (Å²) in [5.41, 5.74) is 2.40. The highest BCUT2D eigenvalue weighted by Gasteiger charge is 2.66. The van der Waals surface area contributed by atoms with Gasteiger partial charge in [0.1, 0.15) is 11.7 Å². The van der Waals surface area contributed by atoms with Crippen LogP contribution in [0.15, 0.2) is 6.07 Å². The molecule has 6 atom stereocenters. The van der Waals surface area contributed by atoms with Crippen molar-refractivity contribution in [2.24, 2.45) is 11.8 Å². The maximum absolute atomic E-state index is 12.5. The number of aromatic hydroxyl groups is 1. The van der Waals surface area contributed by atoms with Gasteiger partial charge < -0.3 is 25.0 Å². The molecule has 3 fully saturated rings. The normalized spacial score (nSPS) is 33.6. The first-order chi connectivity index (χ1) is 17.1. The second kappa shape index (κ2) is 8.60. The van der Waals surface area contributed by atoms with Crippen LogP contribution >= 0.6 is 0 Å². The van der Waals surface area contributed by atoms with Crippen molar-refractivity contribution in [2.45, 2.75) is 114 Å². The molecule has 1 aromatic carbocycles. The van der Waals surface area contributed by atoms with Crippen LogP contribution in [0.1, 0.15) is 82.9 Å². The zero-order valence-corrected chi connectivity index (χ0v) is 22.2. The number of benzene rings is 1. The van der Waals surface area contributed by atoms with E-state index in [4.69, 9.17) is 9.47 Å². The number of carbonyl (C=O) groups excluding carboxylic acids is 1. The molecule has 0 aromatic heterocycles. The molecule has 2 aliphatic heterocycles. The number of hydrogen-bond acceptors (Lipinski definition) is 7. The molecule has 5 aliphatic rings. The number of ether oxygens (including phenoxy) is 2. The Morgan fingerprint density at radius 1 is 1.31 bits per heavy atom. The Bertz CT molecular complexity index is 1050. The second-order valence-corrected chi connectivity index (χ2v) is 13.1. The van der Waals surface area contributed by atoms with Gasteiger partial charge in [-0.1, -0.05) is 0 Å². The van der Waals surface area contributed by atoms with Gasteiger partial charge in [0.05, 0.1) is 13.0 Å². The average molecular weight is 499 g/mol. The van der Waals surface area contributed by atoms with Crippen LogP contribution < -0.4 is 10.1 Å². The molecule has 3 N–H and O–H groups in total. The smallest absolute Gasteiger partial charge is 0.307 e. The summed E-state index contributed by atoms with van der Waals surface area (Å²) < 4.78 is 12.3. The quantitative estimate of drug-likeness (QED) is 0.496. The van der Waals surface area contributed by atoms with Crippen LogP contribution in [-0.2, 0) is 28.0 Å². The molecule has 7 heteroatoms. The van der Waals surface area contributed by atoms with Crippen LogP contribution in [0.4, 0.5) is 0 Å². The summed E-state index contributed by atoms with van der Waals surface area (Å²) in [7, 11) is 0. The van der Waals surface area contributed by atoms with E-state index in [1.54, 1.807) is 0 Å². The van der Waals surface area contributed by atoms with Crippen molar-refractivity contribution in [2.75, 3.05) is 13.1 Å². The molecule has 3 unspecified atom stereocenters. The highest BCUT2D eigenvalue weighted by Crippen LogP contribution is 2.64. The van der Waals surface area contributed by atoms with Gasteiger partial charge in [-0.25, -0.2) is 0 Å². The first-order valence-corrected chi connectivity index (χ1v) is 14.0. The first kappa shape index (κ1) is 24.5. The molecule has 1 saturated heterocycles. The van der Waals surface area contributed by atoms with Crippen molar-refractivity contribution < 1.29 is 24.5 Å². The van der Waals surface area contributed by atoms with Crippen LogP contribution in [0.5, 0.6) is 11.5 Å². The number of aliphatic hydroxyl groups is 1. The maximum Gasteiger partial charge on any atom is 0.307 e. The number of nitrogens with zero attached hydrogens (tertiary/aromatic N) is 1. The Morgan fingerprint density at radius 3 is 2.78 bits per heavy atom. The maximum atomic E-state index is 12.5. The van der Waals surface area contributed by atoms with Gasteiger partial charge in [0.2, 0.25) is 0 Å². The summed E-state index contributed by atoms with van der Waals surface area (Å²) in [6, 6.07) is 2.57. The molecule has 7 nitrogen and oxygen atoms in total. The lowest BCUT2D eigenvalue weighted by atomic mass is 9.51. The monoisotopic (exact) mass is 498 g/mol. The molecule has 198 valence electrons. The fourth-order valence-electron chi connectivity index (χ4n) is 7.97. The fourth-order valence-corrected chi connectivity index (χ4v) is 7.97. The minimum atomic E-state index is -0.492. The zero-order valence-electron chi connectivity index (χ0n) is 22.2. The van der Waals surface area contributed by atoms with Crippen molar-refractivity contribution in [3.63, 3.8) is 0 Å². The third-order valence-corrected chi connectivity index (χ3v) is 9.38. The van der Waals surface area contributed by atoms with Gasteiger partial charge in [-0.15, -0.1) is 0 Å². The molecule has 6 rings (SSSR count). The topological polar surface area (TPSA) is 91.3 Å². The van der Waals surface area contributed by atoms with E-state index >= 15 is 0 Å². The highest BCUT2D eigenvalue weighted by molar-refractivity contribution is 5.70. The van der Waals surface area contributed by atoms with E-state index in [0.29, 0.717) is 29.7 Å². The summed E-state index contributed by atoms with van der Waals surface area (Å²) >= 11 is 0. The molecule has 2 saturated carbocycles. The third-order valence-electron chi connectivity index (χ3n) is 9.38. The summed E-state index contributed by atoms with van der Waals surface area (Å²) in [5, 5.41) is 24.8. The molecule has 1 aromatic rings. The molecule has 0 amide bonds. The zero-order chi connectivity index (χ0) is 25.4. The van der Waals surface area contributed by atoms with E-state index in [-0.39, 0.29) is 41.9 Å². The van der Waals surface area contributed by atoms with Crippen LogP contribution in [0, 0.1) is 11.8 Å². The minimum Gasteiger partial charge on any atom is -0.504 e. The van der Waals surface area contributed by atoms with Crippen molar-refractivity contribution >= 4 is 5.97 Å². The average Bonchev–Trinajstić information content (AvgIpc) is 3.54. The Labute approximate surface area is 214 Å². The van der Waals surface area contributed by atoms with Gasteiger partial charge in [0.25, 0.3) is 0 Å². The van der Waals surface area contributed by atoms with E-state index in [1.807, 2.05) is 33.8 Å².